The van der Waals surface area contributed by atoms with Gasteiger partial charge in [-0.25, -0.2) is 0 Å². The third-order valence-electron chi connectivity index (χ3n) is 6.48. The minimum absolute atomic E-state index is 0.00782. The van der Waals surface area contributed by atoms with E-state index in [9.17, 15) is 4.79 Å². The number of piperazine rings is 3. The van der Waals surface area contributed by atoms with Crippen molar-refractivity contribution in [3.8, 4) is 0 Å². The predicted molar refractivity (Wildman–Crippen MR) is 117 cm³/mol. The summed E-state index contributed by atoms with van der Waals surface area (Å²) in [6.07, 6.45) is 21.0. The Morgan fingerprint density at radius 2 is 1.18 bits per heavy atom. The van der Waals surface area contributed by atoms with Crippen LogP contribution in [-0.2, 0) is 9.53 Å². The van der Waals surface area contributed by atoms with Crippen LogP contribution in [0.25, 0.3) is 0 Å². The molecule has 1 atom stereocenters. The van der Waals surface area contributed by atoms with Crippen LogP contribution in [0.5, 0.6) is 0 Å². The molecule has 0 aromatic rings. The van der Waals surface area contributed by atoms with Gasteiger partial charge in [-0.1, -0.05) is 96.8 Å². The minimum Gasteiger partial charge on any atom is -0.445 e. The molecule has 0 amide bonds. The van der Waals surface area contributed by atoms with E-state index in [0.717, 1.165) is 39.1 Å². The highest BCUT2D eigenvalue weighted by molar-refractivity contribution is 5.69. The van der Waals surface area contributed by atoms with Crippen LogP contribution in [0.2, 0.25) is 0 Å². The van der Waals surface area contributed by atoms with E-state index in [1.54, 1.807) is 0 Å². The Balaban J connectivity index is 1.29. The van der Waals surface area contributed by atoms with Crippen molar-refractivity contribution in [2.75, 3.05) is 32.7 Å². The Hall–Kier alpha value is -0.610. The van der Waals surface area contributed by atoms with Crippen molar-refractivity contribution in [1.29, 1.82) is 0 Å². The summed E-state index contributed by atoms with van der Waals surface area (Å²) in [4.78, 5) is 16.8. The second-order valence-electron chi connectivity index (χ2n) is 8.98. The first kappa shape index (κ1) is 23.7. The maximum absolute atomic E-state index is 12.1. The number of nitrogens with zero attached hydrogens (tertiary/aromatic N) is 2. The normalized spacial score (nSPS) is 23.8. The number of carbonyl (C=O) groups is 1. The molecule has 0 saturated carbocycles. The second kappa shape index (κ2) is 15.3. The fourth-order valence-corrected chi connectivity index (χ4v) is 4.53. The molecule has 0 aromatic carbocycles. The van der Waals surface area contributed by atoms with Gasteiger partial charge in [-0.2, -0.15) is 0 Å². The summed E-state index contributed by atoms with van der Waals surface area (Å²) in [5, 5.41) is 0. The maximum Gasteiger partial charge on any atom is 0.307 e. The second-order valence-corrected chi connectivity index (χ2v) is 8.98. The van der Waals surface area contributed by atoms with E-state index in [2.05, 4.69) is 16.7 Å². The standard InChI is InChI=1S/C24H46N2O2/c1-2-3-4-5-6-7-8-9-10-11-12-13-14-15-16-17-24(27)28-23-22-25-18-20-26(23)21-19-25/h23H,2-22H2,1H3. The van der Waals surface area contributed by atoms with Gasteiger partial charge in [0.25, 0.3) is 0 Å². The molecule has 3 rings (SSSR count). The summed E-state index contributed by atoms with van der Waals surface area (Å²) in [6.45, 7) is 7.56. The lowest BCUT2D eigenvalue weighted by atomic mass is 10.0. The van der Waals surface area contributed by atoms with Crippen LogP contribution < -0.4 is 0 Å². The van der Waals surface area contributed by atoms with Crippen LogP contribution in [0.3, 0.4) is 0 Å². The van der Waals surface area contributed by atoms with E-state index < -0.39 is 0 Å². The highest BCUT2D eigenvalue weighted by atomic mass is 16.6. The van der Waals surface area contributed by atoms with Crippen LogP contribution in [-0.4, -0.2) is 54.7 Å². The van der Waals surface area contributed by atoms with Gasteiger partial charge in [-0.3, -0.25) is 14.6 Å². The highest BCUT2D eigenvalue weighted by Gasteiger charge is 2.33. The fraction of sp³-hybridized carbons (Fsp3) is 0.958. The van der Waals surface area contributed by atoms with Crippen molar-refractivity contribution in [3.63, 3.8) is 0 Å². The van der Waals surface area contributed by atoms with Gasteiger partial charge in [0.2, 0.25) is 0 Å². The van der Waals surface area contributed by atoms with Gasteiger partial charge in [0.05, 0.1) is 0 Å². The molecule has 2 bridgehead atoms. The molecule has 0 radical (unpaired) electrons. The molecule has 3 heterocycles. The number of carbonyl (C=O) groups excluding carboxylic acids is 1. The van der Waals surface area contributed by atoms with E-state index in [-0.39, 0.29) is 12.2 Å². The molecule has 3 fully saturated rings. The first-order valence-corrected chi connectivity index (χ1v) is 12.5. The van der Waals surface area contributed by atoms with Crippen molar-refractivity contribution < 1.29 is 9.53 Å². The zero-order valence-corrected chi connectivity index (χ0v) is 18.6. The average Bonchev–Trinajstić information content (AvgIpc) is 2.72. The van der Waals surface area contributed by atoms with Gasteiger partial charge in [0.15, 0.2) is 6.23 Å². The van der Waals surface area contributed by atoms with Crippen molar-refractivity contribution >= 4 is 5.97 Å². The molecular formula is C24H46N2O2. The van der Waals surface area contributed by atoms with Crippen LogP contribution in [0.4, 0.5) is 0 Å². The average molecular weight is 395 g/mol. The Morgan fingerprint density at radius 3 is 1.61 bits per heavy atom. The molecule has 3 saturated heterocycles. The smallest absolute Gasteiger partial charge is 0.307 e. The third-order valence-corrected chi connectivity index (χ3v) is 6.48. The van der Waals surface area contributed by atoms with Gasteiger partial charge in [0, 0.05) is 39.1 Å². The Bertz CT molecular complexity index is 394. The minimum atomic E-state index is 0.00782. The lowest BCUT2D eigenvalue weighted by molar-refractivity contribution is -0.173. The zero-order chi connectivity index (χ0) is 19.9. The number of fused-ring (bicyclic) bond motifs is 3. The third kappa shape index (κ3) is 10.2. The summed E-state index contributed by atoms with van der Waals surface area (Å²) in [5.74, 6) is 0.00782. The molecule has 1 unspecified atom stereocenters. The first-order chi connectivity index (χ1) is 13.8. The zero-order valence-electron chi connectivity index (χ0n) is 18.6. The maximum atomic E-state index is 12.1. The molecule has 0 N–H and O–H groups in total. The van der Waals surface area contributed by atoms with Crippen LogP contribution >= 0.6 is 0 Å². The summed E-state index contributed by atoms with van der Waals surface area (Å²) >= 11 is 0. The van der Waals surface area contributed by atoms with Crippen molar-refractivity contribution in [2.24, 2.45) is 0 Å². The lowest BCUT2D eigenvalue weighted by Gasteiger charge is -2.46. The summed E-state index contributed by atoms with van der Waals surface area (Å²) in [6, 6.07) is 0. The molecule has 0 aliphatic carbocycles. The van der Waals surface area contributed by atoms with Gasteiger partial charge < -0.3 is 4.74 Å². The molecule has 0 aromatic heterocycles. The monoisotopic (exact) mass is 394 g/mol. The van der Waals surface area contributed by atoms with Gasteiger partial charge in [-0.15, -0.1) is 0 Å². The number of hydrogen-bond acceptors (Lipinski definition) is 4. The number of ether oxygens (including phenoxy) is 1. The SMILES string of the molecule is CCCCCCCCCCCCCCCCCC(=O)OC1CN2CCN1CC2. The number of rotatable bonds is 17. The van der Waals surface area contributed by atoms with Crippen LogP contribution in [0.1, 0.15) is 110 Å². The van der Waals surface area contributed by atoms with E-state index in [4.69, 9.17) is 4.74 Å². The largest absolute Gasteiger partial charge is 0.445 e. The van der Waals surface area contributed by atoms with Crippen molar-refractivity contribution in [2.45, 2.75) is 116 Å². The van der Waals surface area contributed by atoms with Crippen molar-refractivity contribution in [3.05, 3.63) is 0 Å². The van der Waals surface area contributed by atoms with Gasteiger partial charge >= 0.3 is 5.97 Å². The van der Waals surface area contributed by atoms with E-state index in [0.29, 0.717) is 6.42 Å². The van der Waals surface area contributed by atoms with Crippen molar-refractivity contribution in [1.82, 2.24) is 9.80 Å². The molecule has 0 spiro atoms. The summed E-state index contributed by atoms with van der Waals surface area (Å²) < 4.78 is 5.69. The Kier molecular flexibility index (Phi) is 12.9. The molecule has 4 nitrogen and oxygen atoms in total. The number of esters is 1. The van der Waals surface area contributed by atoms with E-state index in [1.807, 2.05) is 0 Å². The quantitative estimate of drug-likeness (QED) is 0.232. The molecule has 3 aliphatic rings. The molecule has 3 aliphatic heterocycles. The highest BCUT2D eigenvalue weighted by Crippen LogP contribution is 2.18. The molecule has 164 valence electrons. The number of hydrogen-bond donors (Lipinski definition) is 0. The lowest BCUT2D eigenvalue weighted by Crippen LogP contribution is -2.62. The van der Waals surface area contributed by atoms with Crippen LogP contribution in [0.15, 0.2) is 0 Å². The molecular weight excluding hydrogens is 348 g/mol. The fourth-order valence-electron chi connectivity index (χ4n) is 4.53. The van der Waals surface area contributed by atoms with E-state index in [1.165, 1.54) is 89.9 Å². The first-order valence-electron chi connectivity index (χ1n) is 12.5. The van der Waals surface area contributed by atoms with Crippen LogP contribution in [0, 0.1) is 0 Å². The van der Waals surface area contributed by atoms with Gasteiger partial charge in [-0.05, 0) is 6.42 Å². The predicted octanol–water partition coefficient (Wildman–Crippen LogP) is 5.75. The Morgan fingerprint density at radius 1 is 0.714 bits per heavy atom. The molecule has 4 heteroatoms. The summed E-state index contributed by atoms with van der Waals surface area (Å²) in [5.41, 5.74) is 0. The van der Waals surface area contributed by atoms with E-state index >= 15 is 0 Å². The Labute approximate surface area is 174 Å². The topological polar surface area (TPSA) is 32.8 Å². The number of unbranched alkanes of at least 4 members (excludes halogenated alkanes) is 14. The van der Waals surface area contributed by atoms with Gasteiger partial charge in [0.1, 0.15) is 0 Å². The summed E-state index contributed by atoms with van der Waals surface area (Å²) in [7, 11) is 0. The molecule has 28 heavy (non-hydrogen) atoms.